The number of benzene rings is 2. The molecule has 2 heterocycles. The second-order valence-electron chi connectivity index (χ2n) is 12.9. The summed E-state index contributed by atoms with van der Waals surface area (Å²) in [5, 5.41) is 26.1. The molecule has 0 bridgehead atoms. The van der Waals surface area contributed by atoms with Crippen molar-refractivity contribution in [2.45, 2.75) is 88.9 Å². The van der Waals surface area contributed by atoms with Crippen molar-refractivity contribution in [3.05, 3.63) is 59.2 Å². The minimum absolute atomic E-state index is 0.0394. The monoisotopic (exact) mass is 634 g/mol. The van der Waals surface area contributed by atoms with Crippen molar-refractivity contribution in [1.29, 1.82) is 0 Å². The Labute approximate surface area is 270 Å². The summed E-state index contributed by atoms with van der Waals surface area (Å²) in [5.41, 5.74) is 0.983. The van der Waals surface area contributed by atoms with Crippen LogP contribution in [0.1, 0.15) is 91.0 Å². The number of methoxy groups -OCH3 is 1. The first-order chi connectivity index (χ1) is 22.2. The van der Waals surface area contributed by atoms with E-state index in [1.54, 1.807) is 17.0 Å². The third-order valence-electron chi connectivity index (χ3n) is 9.97. The number of carbonyl (C=O) groups is 4. The van der Waals surface area contributed by atoms with Crippen LogP contribution in [-0.2, 0) is 16.1 Å². The molecule has 248 valence electrons. The average molecular weight is 635 g/mol. The Bertz CT molecular complexity index is 1410. The molecule has 0 unspecified atom stereocenters. The van der Waals surface area contributed by atoms with Gasteiger partial charge in [-0.3, -0.25) is 19.3 Å². The van der Waals surface area contributed by atoms with E-state index in [-0.39, 0.29) is 35.0 Å². The summed E-state index contributed by atoms with van der Waals surface area (Å²) in [6.45, 7) is 4.48. The summed E-state index contributed by atoms with van der Waals surface area (Å²) in [7, 11) is 1.41. The topological polar surface area (TPSA) is 149 Å². The van der Waals surface area contributed by atoms with E-state index < -0.39 is 23.7 Å². The zero-order valence-corrected chi connectivity index (χ0v) is 26.8. The van der Waals surface area contributed by atoms with Crippen LogP contribution in [-0.4, -0.2) is 88.1 Å². The molecule has 3 aliphatic rings. The molecule has 46 heavy (non-hydrogen) atoms. The van der Waals surface area contributed by atoms with Gasteiger partial charge in [-0.2, -0.15) is 0 Å². The molecule has 3 amide bonds. The van der Waals surface area contributed by atoms with Crippen molar-refractivity contribution in [1.82, 2.24) is 15.1 Å². The number of hydrogen-bond acceptors (Lipinski definition) is 7. The molecule has 3 fully saturated rings. The molecule has 11 nitrogen and oxygen atoms in total. The van der Waals surface area contributed by atoms with Gasteiger partial charge in [0.05, 0.1) is 24.5 Å². The maximum absolute atomic E-state index is 13.9. The lowest BCUT2D eigenvalue weighted by Crippen LogP contribution is -2.75. The Morgan fingerprint density at radius 3 is 2.35 bits per heavy atom. The quantitative estimate of drug-likeness (QED) is 0.290. The standard InChI is InChI=1S/C35H46N4O7/c1-3-4-18-39-32(42)29(30(40)24-8-6-5-7-9-24)37-34(45)35(39)16-19-38(20-17-35)22-23-10-12-25(13-11-23)31(41)36-27-15-14-26(33(43)44)21-28(27)46-2/h10-15,21,24,29-30,40H,3-9,16-20,22H2,1-2H3,(H,36,41)(H,37,45)(H,43,44)/t29-,30-/m1/s1. The molecule has 4 N–H and O–H groups in total. The molecule has 2 saturated heterocycles. The highest BCUT2D eigenvalue weighted by atomic mass is 16.5. The lowest BCUT2D eigenvalue weighted by Gasteiger charge is -2.52. The van der Waals surface area contributed by atoms with Crippen LogP contribution in [0.3, 0.4) is 0 Å². The number of likely N-dealkylation sites (tertiary alicyclic amines) is 1. The number of unbranched alkanes of at least 4 members (excludes halogenated alkanes) is 1. The fourth-order valence-electron chi connectivity index (χ4n) is 7.18. The van der Waals surface area contributed by atoms with Crippen LogP contribution in [0.15, 0.2) is 42.5 Å². The lowest BCUT2D eigenvalue weighted by atomic mass is 9.78. The van der Waals surface area contributed by atoms with Crippen LogP contribution < -0.4 is 15.4 Å². The molecule has 11 heteroatoms. The van der Waals surface area contributed by atoms with Gasteiger partial charge in [-0.1, -0.05) is 44.7 Å². The van der Waals surface area contributed by atoms with E-state index in [9.17, 15) is 29.4 Å². The highest BCUT2D eigenvalue weighted by Crippen LogP contribution is 2.36. The van der Waals surface area contributed by atoms with Crippen LogP contribution in [0, 0.1) is 5.92 Å². The third-order valence-corrected chi connectivity index (χ3v) is 9.97. The van der Waals surface area contributed by atoms with Gasteiger partial charge < -0.3 is 30.5 Å². The zero-order valence-electron chi connectivity index (χ0n) is 26.8. The molecule has 2 aromatic rings. The summed E-state index contributed by atoms with van der Waals surface area (Å²) < 4.78 is 5.26. The van der Waals surface area contributed by atoms with Crippen molar-refractivity contribution in [2.75, 3.05) is 32.1 Å². The Hall–Kier alpha value is -3.96. The number of carboxylic acid groups (broad SMARTS) is 1. The molecule has 5 rings (SSSR count). The maximum atomic E-state index is 13.9. The van der Waals surface area contributed by atoms with Crippen LogP contribution >= 0.6 is 0 Å². The normalized spacial score (nSPS) is 21.1. The number of ether oxygens (including phenoxy) is 1. The minimum atomic E-state index is -1.08. The molecule has 1 saturated carbocycles. The van der Waals surface area contributed by atoms with Gasteiger partial charge >= 0.3 is 5.97 Å². The van der Waals surface area contributed by atoms with Crippen molar-refractivity contribution in [2.24, 2.45) is 5.92 Å². The number of hydrogen-bond donors (Lipinski definition) is 4. The third kappa shape index (κ3) is 7.05. The number of nitrogens with zero attached hydrogens (tertiary/aromatic N) is 2. The van der Waals surface area contributed by atoms with E-state index in [0.717, 1.165) is 50.5 Å². The number of piperidine rings is 1. The zero-order chi connectivity index (χ0) is 32.8. The van der Waals surface area contributed by atoms with Crippen LogP contribution in [0.4, 0.5) is 5.69 Å². The Kier molecular flexibility index (Phi) is 10.6. The number of carbonyl (C=O) groups excluding carboxylic acids is 3. The van der Waals surface area contributed by atoms with Crippen LogP contribution in [0.2, 0.25) is 0 Å². The van der Waals surface area contributed by atoms with Crippen molar-refractivity contribution < 1.29 is 34.1 Å². The van der Waals surface area contributed by atoms with Crippen molar-refractivity contribution in [3.63, 3.8) is 0 Å². The molecular weight excluding hydrogens is 588 g/mol. The van der Waals surface area contributed by atoms with Gasteiger partial charge in [-0.05, 0) is 73.9 Å². The second kappa shape index (κ2) is 14.6. The first-order valence-corrected chi connectivity index (χ1v) is 16.5. The van der Waals surface area contributed by atoms with Gasteiger partial charge in [0.15, 0.2) is 0 Å². The number of rotatable bonds is 11. The van der Waals surface area contributed by atoms with E-state index in [4.69, 9.17) is 4.74 Å². The van der Waals surface area contributed by atoms with Crippen LogP contribution in [0.25, 0.3) is 0 Å². The van der Waals surface area contributed by atoms with Crippen molar-refractivity contribution >= 4 is 29.4 Å². The first kappa shape index (κ1) is 33.4. The molecule has 0 radical (unpaired) electrons. The highest BCUT2D eigenvalue weighted by Gasteiger charge is 2.55. The molecule has 1 aliphatic carbocycles. The molecule has 2 aromatic carbocycles. The largest absolute Gasteiger partial charge is 0.495 e. The van der Waals surface area contributed by atoms with E-state index in [0.29, 0.717) is 50.3 Å². The maximum Gasteiger partial charge on any atom is 0.335 e. The Morgan fingerprint density at radius 1 is 1.04 bits per heavy atom. The number of piperazine rings is 1. The smallest absolute Gasteiger partial charge is 0.335 e. The van der Waals surface area contributed by atoms with Gasteiger partial charge in [-0.25, -0.2) is 4.79 Å². The van der Waals surface area contributed by atoms with Gasteiger partial charge in [0.1, 0.15) is 17.3 Å². The summed E-state index contributed by atoms with van der Waals surface area (Å²) in [6.07, 6.45) is 6.90. The number of amides is 3. The van der Waals surface area contributed by atoms with Crippen molar-refractivity contribution in [3.8, 4) is 5.75 Å². The highest BCUT2D eigenvalue weighted by molar-refractivity contribution is 6.05. The Balaban J connectivity index is 1.20. The Morgan fingerprint density at radius 2 is 1.72 bits per heavy atom. The summed E-state index contributed by atoms with van der Waals surface area (Å²) in [4.78, 5) is 55.8. The van der Waals surface area contributed by atoms with Gasteiger partial charge in [0.2, 0.25) is 11.8 Å². The predicted octanol–water partition coefficient (Wildman–Crippen LogP) is 4.05. The minimum Gasteiger partial charge on any atom is -0.495 e. The molecule has 0 aromatic heterocycles. The summed E-state index contributed by atoms with van der Waals surface area (Å²) in [5.74, 6) is -1.43. The summed E-state index contributed by atoms with van der Waals surface area (Å²) in [6, 6.07) is 10.7. The fourth-order valence-corrected chi connectivity index (χ4v) is 7.18. The molecule has 2 atom stereocenters. The number of nitrogens with one attached hydrogen (secondary N) is 2. The summed E-state index contributed by atoms with van der Waals surface area (Å²) >= 11 is 0. The van der Waals surface area contributed by atoms with Gasteiger partial charge in [-0.15, -0.1) is 0 Å². The fraction of sp³-hybridized carbons (Fsp3) is 0.543. The van der Waals surface area contributed by atoms with E-state index >= 15 is 0 Å². The second-order valence-corrected chi connectivity index (χ2v) is 12.9. The van der Waals surface area contributed by atoms with E-state index in [2.05, 4.69) is 22.5 Å². The average Bonchev–Trinajstić information content (AvgIpc) is 3.07. The van der Waals surface area contributed by atoms with Gasteiger partial charge in [0.25, 0.3) is 5.91 Å². The van der Waals surface area contributed by atoms with E-state index in [1.807, 2.05) is 12.1 Å². The first-order valence-electron chi connectivity index (χ1n) is 16.5. The number of aliphatic hydroxyl groups is 1. The molecular formula is C35H46N4O7. The van der Waals surface area contributed by atoms with Crippen LogP contribution in [0.5, 0.6) is 5.75 Å². The SMILES string of the molecule is CCCCN1C(=O)[C@@H]([C@H](O)C2CCCCC2)NC(=O)C12CCN(Cc1ccc(C(=O)Nc3ccc(C(=O)O)cc3OC)cc1)CC2. The van der Waals surface area contributed by atoms with E-state index in [1.165, 1.54) is 25.3 Å². The number of aromatic carboxylic acids is 1. The number of aliphatic hydroxyl groups excluding tert-OH is 1. The lowest BCUT2D eigenvalue weighted by molar-refractivity contribution is -0.166. The number of carboxylic acids is 1. The molecule has 2 aliphatic heterocycles. The number of anilines is 1. The van der Waals surface area contributed by atoms with Gasteiger partial charge in [0, 0.05) is 31.7 Å². The molecule has 1 spiro atoms. The predicted molar refractivity (Wildman–Crippen MR) is 173 cm³/mol.